The third-order valence-electron chi connectivity index (χ3n) is 5.11. The van der Waals surface area contributed by atoms with E-state index in [0.717, 1.165) is 22.6 Å². The maximum atomic E-state index is 12.9. The van der Waals surface area contributed by atoms with Crippen molar-refractivity contribution in [1.82, 2.24) is 39.4 Å². The minimum absolute atomic E-state index is 0.136. The Morgan fingerprint density at radius 2 is 2.00 bits per heavy atom. The van der Waals surface area contributed by atoms with Crippen molar-refractivity contribution in [3.63, 3.8) is 0 Å². The Morgan fingerprint density at radius 3 is 2.79 bits per heavy atom. The predicted octanol–water partition coefficient (Wildman–Crippen LogP) is 1.66. The molecular formula is C20H18N8O. The van der Waals surface area contributed by atoms with E-state index in [2.05, 4.69) is 20.2 Å². The molecule has 0 bridgehead atoms. The second-order valence-corrected chi connectivity index (χ2v) is 6.82. The molecule has 29 heavy (non-hydrogen) atoms. The highest BCUT2D eigenvalue weighted by molar-refractivity contribution is 5.92. The molecule has 0 atom stereocenters. The normalized spacial score (nSPS) is 13.3. The van der Waals surface area contributed by atoms with Gasteiger partial charge in [-0.2, -0.15) is 5.10 Å². The van der Waals surface area contributed by atoms with Gasteiger partial charge < -0.3 is 4.90 Å². The molecule has 9 heteroatoms. The summed E-state index contributed by atoms with van der Waals surface area (Å²) in [5, 5.41) is 13.1. The number of aromatic nitrogens is 7. The maximum Gasteiger partial charge on any atom is 0.274 e. The zero-order valence-corrected chi connectivity index (χ0v) is 15.8. The van der Waals surface area contributed by atoms with Crippen LogP contribution in [0, 0.1) is 0 Å². The Kier molecular flexibility index (Phi) is 4.12. The van der Waals surface area contributed by atoms with Crippen LogP contribution < -0.4 is 0 Å². The molecule has 5 rings (SSSR count). The molecule has 0 spiro atoms. The number of nitrogens with zero attached hydrogens (tertiary/aromatic N) is 8. The molecule has 0 aliphatic carbocycles. The Morgan fingerprint density at radius 1 is 1.14 bits per heavy atom. The molecule has 9 nitrogen and oxygen atoms in total. The highest BCUT2D eigenvalue weighted by atomic mass is 16.2. The van der Waals surface area contributed by atoms with Crippen LogP contribution >= 0.6 is 0 Å². The van der Waals surface area contributed by atoms with E-state index in [1.165, 1.54) is 12.4 Å². The first-order chi connectivity index (χ1) is 14.2. The molecule has 1 aromatic carbocycles. The van der Waals surface area contributed by atoms with Gasteiger partial charge in [0, 0.05) is 49.4 Å². The van der Waals surface area contributed by atoms with Gasteiger partial charge in [0.2, 0.25) is 0 Å². The van der Waals surface area contributed by atoms with Crippen LogP contribution in [0.3, 0.4) is 0 Å². The van der Waals surface area contributed by atoms with Gasteiger partial charge in [0.25, 0.3) is 5.91 Å². The van der Waals surface area contributed by atoms with Crippen molar-refractivity contribution in [3.05, 3.63) is 72.2 Å². The number of carbonyl (C=O) groups is 1. The van der Waals surface area contributed by atoms with E-state index in [-0.39, 0.29) is 5.91 Å². The number of benzene rings is 1. The van der Waals surface area contributed by atoms with Crippen LogP contribution in [0.5, 0.6) is 0 Å². The molecule has 1 aliphatic rings. The van der Waals surface area contributed by atoms with Gasteiger partial charge in [-0.05, 0) is 12.1 Å². The third-order valence-corrected chi connectivity index (χ3v) is 5.11. The van der Waals surface area contributed by atoms with Gasteiger partial charge in [-0.15, -0.1) is 10.2 Å². The lowest BCUT2D eigenvalue weighted by molar-refractivity contribution is 0.0727. The first kappa shape index (κ1) is 17.2. The molecular weight excluding hydrogens is 368 g/mol. The van der Waals surface area contributed by atoms with E-state index in [4.69, 9.17) is 5.10 Å². The summed E-state index contributed by atoms with van der Waals surface area (Å²) in [5.74, 6) is 0.518. The molecule has 0 N–H and O–H groups in total. The standard InChI is InChI=1S/C20H18N8O/c1-26-17-7-10-27(20(29)16-11-21-8-9-22-16)12-15(17)18(25-26)19-24-23-13-28(19)14-5-3-2-4-6-14/h2-6,8-9,11,13H,7,10,12H2,1H3. The second kappa shape index (κ2) is 6.93. The van der Waals surface area contributed by atoms with Crippen molar-refractivity contribution in [3.8, 4) is 17.2 Å². The van der Waals surface area contributed by atoms with Crippen molar-refractivity contribution in [2.45, 2.75) is 13.0 Å². The molecule has 0 fully saturated rings. The fourth-order valence-electron chi connectivity index (χ4n) is 3.69. The molecule has 4 aromatic rings. The Bertz CT molecular complexity index is 1170. The van der Waals surface area contributed by atoms with Crippen LogP contribution in [0.15, 0.2) is 55.2 Å². The molecule has 1 amide bonds. The molecule has 0 saturated heterocycles. The molecule has 1 aliphatic heterocycles. The van der Waals surface area contributed by atoms with Crippen LogP contribution in [-0.4, -0.2) is 51.9 Å². The van der Waals surface area contributed by atoms with E-state index in [9.17, 15) is 4.79 Å². The summed E-state index contributed by atoms with van der Waals surface area (Å²) in [7, 11) is 1.92. The monoisotopic (exact) mass is 386 g/mol. The topological polar surface area (TPSA) is 94.6 Å². The molecule has 144 valence electrons. The fourth-order valence-corrected chi connectivity index (χ4v) is 3.69. The summed E-state index contributed by atoms with van der Waals surface area (Å²) in [6.07, 6.45) is 6.97. The minimum atomic E-state index is -0.136. The van der Waals surface area contributed by atoms with Crippen molar-refractivity contribution in [1.29, 1.82) is 0 Å². The van der Waals surface area contributed by atoms with E-state index in [1.54, 1.807) is 17.4 Å². The zero-order chi connectivity index (χ0) is 19.8. The molecule has 4 heterocycles. The Labute approximate surface area is 166 Å². The Balaban J connectivity index is 1.53. The van der Waals surface area contributed by atoms with Crippen LogP contribution in [0.2, 0.25) is 0 Å². The quantitative estimate of drug-likeness (QED) is 0.531. The Hall–Kier alpha value is -3.88. The zero-order valence-electron chi connectivity index (χ0n) is 15.8. The number of hydrogen-bond acceptors (Lipinski definition) is 6. The van der Waals surface area contributed by atoms with Crippen LogP contribution in [0.4, 0.5) is 0 Å². The second-order valence-electron chi connectivity index (χ2n) is 6.82. The SMILES string of the molecule is Cn1nc(-c2nncn2-c2ccccc2)c2c1CCN(C(=O)c1cnccn1)C2. The number of fused-ring (bicyclic) bond motifs is 1. The summed E-state index contributed by atoms with van der Waals surface area (Å²) in [6.45, 7) is 1.04. The van der Waals surface area contributed by atoms with Gasteiger partial charge in [-0.1, -0.05) is 18.2 Å². The fraction of sp³-hybridized carbons (Fsp3) is 0.200. The van der Waals surface area contributed by atoms with E-state index >= 15 is 0 Å². The number of hydrogen-bond donors (Lipinski definition) is 0. The highest BCUT2D eigenvalue weighted by Gasteiger charge is 2.30. The van der Waals surface area contributed by atoms with Gasteiger partial charge in [0.1, 0.15) is 17.7 Å². The van der Waals surface area contributed by atoms with Gasteiger partial charge in [0.15, 0.2) is 5.82 Å². The van der Waals surface area contributed by atoms with Gasteiger partial charge >= 0.3 is 0 Å². The number of amides is 1. The highest BCUT2D eigenvalue weighted by Crippen LogP contribution is 2.30. The maximum absolute atomic E-state index is 12.9. The predicted molar refractivity (Wildman–Crippen MR) is 104 cm³/mol. The number of carbonyl (C=O) groups excluding carboxylic acids is 1. The first-order valence-electron chi connectivity index (χ1n) is 9.28. The summed E-state index contributed by atoms with van der Waals surface area (Å²) in [4.78, 5) is 22.8. The summed E-state index contributed by atoms with van der Waals surface area (Å²) in [6, 6.07) is 9.88. The van der Waals surface area contributed by atoms with E-state index in [1.807, 2.05) is 46.6 Å². The lowest BCUT2D eigenvalue weighted by atomic mass is 10.0. The molecule has 0 unspecified atom stereocenters. The molecule has 0 radical (unpaired) electrons. The van der Waals surface area contributed by atoms with E-state index < -0.39 is 0 Å². The van der Waals surface area contributed by atoms with Crippen molar-refractivity contribution < 1.29 is 4.79 Å². The van der Waals surface area contributed by atoms with Crippen LogP contribution in [-0.2, 0) is 20.0 Å². The third kappa shape index (κ3) is 2.96. The number of aryl methyl sites for hydroxylation is 1. The number of para-hydroxylation sites is 1. The van der Waals surface area contributed by atoms with Crippen LogP contribution in [0.25, 0.3) is 17.2 Å². The summed E-state index contributed by atoms with van der Waals surface area (Å²) < 4.78 is 3.78. The molecule has 0 saturated carbocycles. The lowest BCUT2D eigenvalue weighted by Gasteiger charge is -2.27. The largest absolute Gasteiger partial charge is 0.332 e. The lowest BCUT2D eigenvalue weighted by Crippen LogP contribution is -2.36. The molecule has 3 aromatic heterocycles. The summed E-state index contributed by atoms with van der Waals surface area (Å²) >= 11 is 0. The van der Waals surface area contributed by atoms with Gasteiger partial charge in [-0.3, -0.25) is 19.0 Å². The van der Waals surface area contributed by atoms with Gasteiger partial charge in [0.05, 0.1) is 12.7 Å². The van der Waals surface area contributed by atoms with Crippen LogP contribution in [0.1, 0.15) is 21.7 Å². The average molecular weight is 386 g/mol. The summed E-state index contributed by atoms with van der Waals surface area (Å²) in [5.41, 5.74) is 4.12. The van der Waals surface area contributed by atoms with Crippen molar-refractivity contribution in [2.24, 2.45) is 7.05 Å². The number of rotatable bonds is 3. The average Bonchev–Trinajstić information content (AvgIpc) is 3.39. The van der Waals surface area contributed by atoms with E-state index in [0.29, 0.717) is 31.0 Å². The smallest absolute Gasteiger partial charge is 0.274 e. The first-order valence-corrected chi connectivity index (χ1v) is 9.28. The van der Waals surface area contributed by atoms with Gasteiger partial charge in [-0.25, -0.2) is 4.98 Å². The van der Waals surface area contributed by atoms with Crippen molar-refractivity contribution in [2.75, 3.05) is 6.54 Å². The minimum Gasteiger partial charge on any atom is -0.332 e. The van der Waals surface area contributed by atoms with Crippen molar-refractivity contribution >= 4 is 5.91 Å².